The number of fused-ring (bicyclic) bond motifs is 2. The Morgan fingerprint density at radius 3 is 2.61 bits per heavy atom. The highest BCUT2D eigenvalue weighted by Crippen LogP contribution is 2.52. The molecule has 0 aromatic heterocycles. The predicted molar refractivity (Wildman–Crippen MR) is 123 cm³/mol. The van der Waals surface area contributed by atoms with Crippen molar-refractivity contribution in [2.24, 2.45) is 0 Å². The normalized spacial score (nSPS) is 20.1. The first-order chi connectivity index (χ1) is 15.5. The fraction of sp³-hybridized carbons (Fsp3) is 0.278. The zero-order valence-electron chi connectivity index (χ0n) is 16.5. The Hall–Kier alpha value is -2.33. The lowest BCUT2D eigenvalue weighted by Crippen LogP contribution is -2.33. The van der Waals surface area contributed by atoms with E-state index >= 15 is 4.39 Å². The van der Waals surface area contributed by atoms with E-state index in [-0.39, 0.29) is 34.0 Å². The van der Waals surface area contributed by atoms with Gasteiger partial charge in [0.25, 0.3) is 16.0 Å². The average molecular weight is 535 g/mol. The molecule has 3 aliphatic rings. The molecule has 0 bridgehead atoms. The summed E-state index contributed by atoms with van der Waals surface area (Å²) in [5, 5.41) is 9.03. The van der Waals surface area contributed by atoms with Gasteiger partial charge in [-0.2, -0.15) is 8.42 Å². The number of thioether (sulfide) groups is 2. The topological polar surface area (TPSA) is 134 Å². The number of carbonyl (C=O) groups excluding carboxylic acids is 1. The van der Waals surface area contributed by atoms with Gasteiger partial charge in [0, 0.05) is 23.6 Å². The number of allylic oxidation sites excluding steroid dienone is 2. The Kier molecular flexibility index (Phi) is 6.59. The number of aliphatic carboxylic acids is 1. The molecule has 0 radical (unpaired) electrons. The second kappa shape index (κ2) is 9.13. The first-order valence-electron chi connectivity index (χ1n) is 9.24. The minimum atomic E-state index is -4.20. The van der Waals surface area contributed by atoms with Crippen LogP contribution in [0.15, 0.2) is 38.9 Å². The van der Waals surface area contributed by atoms with E-state index in [2.05, 4.69) is 0 Å². The molecule has 0 aliphatic carbocycles. The van der Waals surface area contributed by atoms with Crippen molar-refractivity contribution >= 4 is 67.7 Å². The molecule has 176 valence electrons. The Morgan fingerprint density at radius 1 is 1.24 bits per heavy atom. The molecular formula is C18H15FN2O8S4. The zero-order valence-corrected chi connectivity index (χ0v) is 19.8. The summed E-state index contributed by atoms with van der Waals surface area (Å²) in [4.78, 5) is 26.4. The largest absolute Gasteiger partial charge is 0.480 e. The van der Waals surface area contributed by atoms with Crippen LogP contribution in [0, 0.1) is 0 Å². The number of nitrogens with zero attached hydrogens (tertiary/aromatic N) is 2. The summed E-state index contributed by atoms with van der Waals surface area (Å²) in [6.07, 6.45) is 0.983. The van der Waals surface area contributed by atoms with E-state index in [4.69, 9.17) is 31.4 Å². The number of thiocarbonyl (C=S) groups is 1. The van der Waals surface area contributed by atoms with Gasteiger partial charge in [0.15, 0.2) is 17.3 Å². The molecule has 33 heavy (non-hydrogen) atoms. The van der Waals surface area contributed by atoms with E-state index in [0.29, 0.717) is 22.1 Å². The van der Waals surface area contributed by atoms with Crippen LogP contribution in [-0.2, 0) is 19.7 Å². The molecule has 4 rings (SSSR count). The zero-order chi connectivity index (χ0) is 23.9. The summed E-state index contributed by atoms with van der Waals surface area (Å²) in [5.41, 5.74) is 0.552. The van der Waals surface area contributed by atoms with Crippen LogP contribution < -0.4 is 14.4 Å². The summed E-state index contributed by atoms with van der Waals surface area (Å²) in [7, 11) is -4.20. The van der Waals surface area contributed by atoms with E-state index in [9.17, 15) is 18.0 Å². The molecule has 0 unspecified atom stereocenters. The van der Waals surface area contributed by atoms with Crippen molar-refractivity contribution in [1.82, 2.24) is 4.90 Å². The van der Waals surface area contributed by atoms with E-state index in [1.807, 2.05) is 0 Å². The van der Waals surface area contributed by atoms with Crippen molar-refractivity contribution in [2.75, 3.05) is 30.5 Å². The third-order valence-electron chi connectivity index (χ3n) is 4.61. The minimum Gasteiger partial charge on any atom is -0.480 e. The van der Waals surface area contributed by atoms with Crippen LogP contribution in [0.25, 0.3) is 0 Å². The van der Waals surface area contributed by atoms with Crippen LogP contribution in [-0.4, -0.2) is 64.8 Å². The number of anilines is 1. The van der Waals surface area contributed by atoms with Crippen LogP contribution >= 0.6 is 35.7 Å². The standard InChI is InChI=1S/C18H15FN2O8S4/c19-9(4-14-16(24)21(7-15(22)23)18(30)32-14)17-20(2-1-3-33(25,26)27)10-5-11-12(29-8-28-11)6-13(10)31-17/h4-6H,1-3,7-8H2,(H,22,23)(H,25,26,27). The summed E-state index contributed by atoms with van der Waals surface area (Å²) in [6.45, 7) is -0.537. The highest BCUT2D eigenvalue weighted by Gasteiger charge is 2.35. The molecule has 0 atom stereocenters. The molecule has 1 aromatic rings. The molecule has 0 spiro atoms. The van der Waals surface area contributed by atoms with E-state index in [1.54, 1.807) is 12.1 Å². The van der Waals surface area contributed by atoms with Gasteiger partial charge < -0.3 is 19.5 Å². The molecule has 1 aromatic carbocycles. The monoisotopic (exact) mass is 534 g/mol. The third kappa shape index (κ3) is 5.11. The third-order valence-corrected chi connectivity index (χ3v) is 7.95. The predicted octanol–water partition coefficient (Wildman–Crippen LogP) is 2.57. The number of ether oxygens (including phenoxy) is 2. The van der Waals surface area contributed by atoms with Gasteiger partial charge in [0.2, 0.25) is 6.79 Å². The van der Waals surface area contributed by atoms with Gasteiger partial charge in [0.1, 0.15) is 15.9 Å². The fourth-order valence-electron chi connectivity index (χ4n) is 3.23. The number of halogens is 1. The molecule has 1 amide bonds. The van der Waals surface area contributed by atoms with E-state index in [0.717, 1.165) is 34.5 Å². The number of hydrogen-bond acceptors (Lipinski definition) is 10. The summed E-state index contributed by atoms with van der Waals surface area (Å²) in [6, 6.07) is 3.31. The quantitative estimate of drug-likeness (QED) is 0.302. The molecule has 2 N–H and O–H groups in total. The van der Waals surface area contributed by atoms with Crippen molar-refractivity contribution in [3.8, 4) is 11.5 Å². The molecule has 10 nitrogen and oxygen atoms in total. The van der Waals surface area contributed by atoms with Gasteiger partial charge in [-0.15, -0.1) is 0 Å². The maximum atomic E-state index is 15.4. The molecule has 3 heterocycles. The van der Waals surface area contributed by atoms with Crippen LogP contribution in [0.5, 0.6) is 11.5 Å². The van der Waals surface area contributed by atoms with Crippen LogP contribution in [0.3, 0.4) is 0 Å². The van der Waals surface area contributed by atoms with Gasteiger partial charge in [-0.25, -0.2) is 4.39 Å². The highest BCUT2D eigenvalue weighted by atomic mass is 32.2. The molecule has 15 heteroatoms. The SMILES string of the molecule is O=C(O)CN1C(=O)C(=CC(F)=C2Sc3cc4c(cc3N2CCCS(=O)(=O)O)OCO4)SC1=S. The van der Waals surface area contributed by atoms with Gasteiger partial charge >= 0.3 is 5.97 Å². The van der Waals surface area contributed by atoms with Gasteiger partial charge in [-0.05, 0) is 12.5 Å². The maximum absolute atomic E-state index is 15.4. The number of rotatable bonds is 7. The summed E-state index contributed by atoms with van der Waals surface area (Å²) >= 11 is 6.86. The van der Waals surface area contributed by atoms with E-state index in [1.165, 1.54) is 4.90 Å². The van der Waals surface area contributed by atoms with E-state index < -0.39 is 40.1 Å². The summed E-state index contributed by atoms with van der Waals surface area (Å²) in [5.74, 6) is -2.35. The Bertz CT molecular complexity index is 1230. The van der Waals surface area contributed by atoms with Crippen molar-refractivity contribution in [3.05, 3.63) is 34.0 Å². The lowest BCUT2D eigenvalue weighted by Gasteiger charge is -2.20. The van der Waals surface area contributed by atoms with Gasteiger partial charge in [0.05, 0.1) is 16.3 Å². The minimum absolute atomic E-state index is 0.00421. The summed E-state index contributed by atoms with van der Waals surface area (Å²) < 4.78 is 57.4. The molecular weight excluding hydrogens is 519 g/mol. The van der Waals surface area contributed by atoms with Gasteiger partial charge in [-0.1, -0.05) is 35.7 Å². The van der Waals surface area contributed by atoms with Crippen LogP contribution in [0.2, 0.25) is 0 Å². The van der Waals surface area contributed by atoms with Crippen molar-refractivity contribution < 1.29 is 41.5 Å². The number of hydrogen-bond donors (Lipinski definition) is 2. The number of amides is 1. The Labute approximate surface area is 201 Å². The fourth-order valence-corrected chi connectivity index (χ4v) is 6.05. The first kappa shape index (κ1) is 23.8. The van der Waals surface area contributed by atoms with Crippen molar-refractivity contribution in [3.63, 3.8) is 0 Å². The second-order valence-corrected chi connectivity index (χ2v) is 11.2. The highest BCUT2D eigenvalue weighted by molar-refractivity contribution is 8.26. The smallest absolute Gasteiger partial charge is 0.323 e. The Balaban J connectivity index is 1.66. The van der Waals surface area contributed by atoms with Crippen LogP contribution in [0.1, 0.15) is 6.42 Å². The average Bonchev–Trinajstić information content (AvgIpc) is 3.38. The Morgan fingerprint density at radius 2 is 1.94 bits per heavy atom. The second-order valence-electron chi connectivity index (χ2n) is 6.88. The van der Waals surface area contributed by atoms with Crippen molar-refractivity contribution in [2.45, 2.75) is 11.3 Å². The molecule has 1 saturated heterocycles. The molecule has 3 aliphatic heterocycles. The lowest BCUT2D eigenvalue weighted by atomic mass is 10.2. The number of carboxylic acids is 1. The van der Waals surface area contributed by atoms with Gasteiger partial charge in [-0.3, -0.25) is 19.0 Å². The number of benzene rings is 1. The van der Waals surface area contributed by atoms with Crippen LogP contribution in [0.4, 0.5) is 10.1 Å². The number of carbonyl (C=O) groups is 2. The maximum Gasteiger partial charge on any atom is 0.323 e. The molecule has 1 fully saturated rings. The first-order valence-corrected chi connectivity index (χ1v) is 12.9. The number of carboxylic acid groups (broad SMARTS) is 1. The lowest BCUT2D eigenvalue weighted by molar-refractivity contribution is -0.140. The molecule has 0 saturated carbocycles. The van der Waals surface area contributed by atoms with Crippen molar-refractivity contribution in [1.29, 1.82) is 0 Å².